The molecule has 3 nitrogen and oxygen atoms in total. The molecule has 1 atom stereocenters. The van der Waals surface area contributed by atoms with Gasteiger partial charge in [0.15, 0.2) is 0 Å². The predicted molar refractivity (Wildman–Crippen MR) is 65.5 cm³/mol. The van der Waals surface area contributed by atoms with Crippen molar-refractivity contribution >= 4 is 11.4 Å². The van der Waals surface area contributed by atoms with E-state index in [9.17, 15) is 4.39 Å². The standard InChI is InChI=1S/C12H18FN3/c1-15-8-10(5-6-14)16(2)12-7-9(13)3-4-11(12)15/h3-4,7,10H,5-6,8,14H2,1-2H3. The molecule has 1 heterocycles. The summed E-state index contributed by atoms with van der Waals surface area (Å²) in [5.74, 6) is -0.188. The van der Waals surface area contributed by atoms with Crippen LogP contribution in [-0.2, 0) is 0 Å². The Morgan fingerprint density at radius 1 is 1.38 bits per heavy atom. The second-order valence-corrected chi connectivity index (χ2v) is 4.36. The van der Waals surface area contributed by atoms with Crippen molar-refractivity contribution < 1.29 is 4.39 Å². The van der Waals surface area contributed by atoms with Crippen LogP contribution in [0.25, 0.3) is 0 Å². The van der Waals surface area contributed by atoms with Crippen LogP contribution in [0, 0.1) is 5.82 Å². The quantitative estimate of drug-likeness (QED) is 0.823. The van der Waals surface area contributed by atoms with Gasteiger partial charge in [0.25, 0.3) is 0 Å². The maximum Gasteiger partial charge on any atom is 0.125 e. The summed E-state index contributed by atoms with van der Waals surface area (Å²) in [6, 6.07) is 5.30. The van der Waals surface area contributed by atoms with Gasteiger partial charge in [-0.25, -0.2) is 4.39 Å². The molecule has 88 valence electrons. The Bertz CT molecular complexity index is 381. The molecule has 0 radical (unpaired) electrons. The molecule has 2 rings (SSSR count). The number of nitrogens with two attached hydrogens (primary N) is 1. The van der Waals surface area contributed by atoms with Gasteiger partial charge in [0.2, 0.25) is 0 Å². The Hall–Kier alpha value is -1.29. The lowest BCUT2D eigenvalue weighted by molar-refractivity contribution is 0.562. The number of nitrogens with zero attached hydrogens (tertiary/aromatic N) is 2. The van der Waals surface area contributed by atoms with Crippen molar-refractivity contribution in [2.45, 2.75) is 12.5 Å². The number of hydrogen-bond acceptors (Lipinski definition) is 3. The Balaban J connectivity index is 2.36. The van der Waals surface area contributed by atoms with Crippen molar-refractivity contribution in [1.29, 1.82) is 0 Å². The minimum absolute atomic E-state index is 0.188. The maximum atomic E-state index is 13.2. The van der Waals surface area contributed by atoms with E-state index in [2.05, 4.69) is 9.80 Å². The van der Waals surface area contributed by atoms with Crippen molar-refractivity contribution in [3.63, 3.8) is 0 Å². The van der Waals surface area contributed by atoms with E-state index in [4.69, 9.17) is 5.73 Å². The highest BCUT2D eigenvalue weighted by atomic mass is 19.1. The number of rotatable bonds is 2. The lowest BCUT2D eigenvalue weighted by Gasteiger charge is -2.41. The SMILES string of the molecule is CN1CC(CCN)N(C)c2cc(F)ccc21. The third-order valence-electron chi connectivity index (χ3n) is 3.26. The van der Waals surface area contributed by atoms with Crippen LogP contribution in [0.15, 0.2) is 18.2 Å². The normalized spacial score (nSPS) is 19.9. The van der Waals surface area contributed by atoms with E-state index >= 15 is 0 Å². The molecule has 16 heavy (non-hydrogen) atoms. The zero-order valence-electron chi connectivity index (χ0n) is 9.78. The molecule has 1 unspecified atom stereocenters. The van der Waals surface area contributed by atoms with Crippen molar-refractivity contribution in [3.8, 4) is 0 Å². The monoisotopic (exact) mass is 223 g/mol. The summed E-state index contributed by atoms with van der Waals surface area (Å²) >= 11 is 0. The highest BCUT2D eigenvalue weighted by Gasteiger charge is 2.26. The minimum Gasteiger partial charge on any atom is -0.371 e. The number of fused-ring (bicyclic) bond motifs is 1. The van der Waals surface area contributed by atoms with Crippen LogP contribution in [0.5, 0.6) is 0 Å². The van der Waals surface area contributed by atoms with E-state index < -0.39 is 0 Å². The predicted octanol–water partition coefficient (Wildman–Crippen LogP) is 1.43. The van der Waals surface area contributed by atoms with Gasteiger partial charge in [0, 0.05) is 26.7 Å². The van der Waals surface area contributed by atoms with Crippen molar-refractivity contribution in [3.05, 3.63) is 24.0 Å². The Kier molecular flexibility index (Phi) is 3.01. The zero-order valence-corrected chi connectivity index (χ0v) is 9.78. The summed E-state index contributed by atoms with van der Waals surface area (Å²) in [5, 5.41) is 0. The van der Waals surface area contributed by atoms with Crippen molar-refractivity contribution in [2.75, 3.05) is 37.0 Å². The van der Waals surface area contributed by atoms with E-state index in [1.807, 2.05) is 20.2 Å². The Morgan fingerprint density at radius 2 is 2.12 bits per heavy atom. The topological polar surface area (TPSA) is 32.5 Å². The molecular weight excluding hydrogens is 205 g/mol. The molecule has 4 heteroatoms. The summed E-state index contributed by atoms with van der Waals surface area (Å²) < 4.78 is 13.2. The average Bonchev–Trinajstić information content (AvgIpc) is 2.25. The van der Waals surface area contributed by atoms with Crippen LogP contribution in [0.4, 0.5) is 15.8 Å². The molecular formula is C12H18FN3. The lowest BCUT2D eigenvalue weighted by atomic mass is 10.1. The molecule has 0 aromatic heterocycles. The van der Waals surface area contributed by atoms with Gasteiger partial charge in [0.1, 0.15) is 5.82 Å². The number of anilines is 2. The molecule has 1 aliphatic rings. The minimum atomic E-state index is -0.188. The van der Waals surface area contributed by atoms with E-state index in [0.29, 0.717) is 12.6 Å². The Labute approximate surface area is 95.6 Å². The van der Waals surface area contributed by atoms with Gasteiger partial charge in [-0.2, -0.15) is 0 Å². The molecule has 0 saturated carbocycles. The highest BCUT2D eigenvalue weighted by molar-refractivity contribution is 5.73. The highest BCUT2D eigenvalue weighted by Crippen LogP contribution is 2.34. The van der Waals surface area contributed by atoms with Gasteiger partial charge >= 0.3 is 0 Å². The molecule has 1 aromatic rings. The maximum absolute atomic E-state index is 13.2. The summed E-state index contributed by atoms with van der Waals surface area (Å²) in [4.78, 5) is 4.29. The molecule has 1 aliphatic heterocycles. The van der Waals surface area contributed by atoms with Crippen LogP contribution >= 0.6 is 0 Å². The van der Waals surface area contributed by atoms with E-state index in [1.165, 1.54) is 6.07 Å². The largest absolute Gasteiger partial charge is 0.371 e. The molecule has 0 aliphatic carbocycles. The molecule has 0 saturated heterocycles. The van der Waals surface area contributed by atoms with E-state index in [1.54, 1.807) is 6.07 Å². The third-order valence-corrected chi connectivity index (χ3v) is 3.26. The molecule has 0 bridgehead atoms. The van der Waals surface area contributed by atoms with Crippen molar-refractivity contribution in [1.82, 2.24) is 0 Å². The fraction of sp³-hybridized carbons (Fsp3) is 0.500. The van der Waals surface area contributed by atoms with Crippen LogP contribution in [0.3, 0.4) is 0 Å². The first-order valence-electron chi connectivity index (χ1n) is 5.57. The summed E-state index contributed by atoms with van der Waals surface area (Å²) in [6.07, 6.45) is 0.927. The van der Waals surface area contributed by atoms with E-state index in [-0.39, 0.29) is 5.82 Å². The number of likely N-dealkylation sites (N-methyl/N-ethyl adjacent to an activating group) is 2. The summed E-state index contributed by atoms with van der Waals surface area (Å²) in [6.45, 7) is 1.60. The molecule has 0 spiro atoms. The van der Waals surface area contributed by atoms with Crippen LogP contribution in [0.1, 0.15) is 6.42 Å². The first kappa shape index (κ1) is 11.2. The van der Waals surface area contributed by atoms with Crippen LogP contribution < -0.4 is 15.5 Å². The second kappa shape index (κ2) is 4.29. The first-order valence-corrected chi connectivity index (χ1v) is 5.57. The third kappa shape index (κ3) is 1.85. The summed E-state index contributed by atoms with van der Waals surface area (Å²) in [5.41, 5.74) is 7.63. The van der Waals surface area contributed by atoms with Gasteiger partial charge in [0.05, 0.1) is 11.4 Å². The second-order valence-electron chi connectivity index (χ2n) is 4.36. The molecule has 2 N–H and O–H groups in total. The first-order chi connectivity index (χ1) is 7.63. The summed E-state index contributed by atoms with van der Waals surface area (Å²) in [7, 11) is 4.04. The smallest absolute Gasteiger partial charge is 0.125 e. The zero-order chi connectivity index (χ0) is 11.7. The fourth-order valence-corrected chi connectivity index (χ4v) is 2.31. The van der Waals surface area contributed by atoms with Crippen LogP contribution in [-0.4, -0.2) is 33.2 Å². The molecule has 0 amide bonds. The average molecular weight is 223 g/mol. The lowest BCUT2D eigenvalue weighted by Crippen LogP contribution is -2.46. The Morgan fingerprint density at radius 3 is 2.81 bits per heavy atom. The van der Waals surface area contributed by atoms with E-state index in [0.717, 1.165) is 24.3 Å². The van der Waals surface area contributed by atoms with Gasteiger partial charge in [-0.1, -0.05) is 0 Å². The van der Waals surface area contributed by atoms with Gasteiger partial charge in [-0.15, -0.1) is 0 Å². The van der Waals surface area contributed by atoms with Crippen molar-refractivity contribution in [2.24, 2.45) is 5.73 Å². The van der Waals surface area contributed by atoms with Gasteiger partial charge in [-0.05, 0) is 31.2 Å². The van der Waals surface area contributed by atoms with Gasteiger partial charge in [-0.3, -0.25) is 0 Å². The molecule has 1 aromatic carbocycles. The van der Waals surface area contributed by atoms with Crippen LogP contribution in [0.2, 0.25) is 0 Å². The number of benzene rings is 1. The number of hydrogen-bond donors (Lipinski definition) is 1. The molecule has 0 fully saturated rings. The van der Waals surface area contributed by atoms with Gasteiger partial charge < -0.3 is 15.5 Å². The number of halogens is 1. The fourth-order valence-electron chi connectivity index (χ4n) is 2.31.